The van der Waals surface area contributed by atoms with E-state index in [-0.39, 0.29) is 0 Å². The molecule has 2 nitrogen and oxygen atoms in total. The van der Waals surface area contributed by atoms with E-state index in [1.807, 2.05) is 20.8 Å². The molecule has 0 aromatic carbocycles. The maximum atomic E-state index is 9.50. The van der Waals surface area contributed by atoms with Gasteiger partial charge in [-0.05, 0) is 18.6 Å². The number of rotatable bonds is 3. The van der Waals surface area contributed by atoms with E-state index in [4.69, 9.17) is 10.5 Å². The summed E-state index contributed by atoms with van der Waals surface area (Å²) in [7, 11) is 2.07. The van der Waals surface area contributed by atoms with Crippen molar-refractivity contribution in [2.24, 2.45) is 5.73 Å². The zero-order chi connectivity index (χ0) is 12.1. The van der Waals surface area contributed by atoms with E-state index in [1.165, 1.54) is 0 Å². The number of hydrogen-bond donors (Lipinski definition) is 1. The highest BCUT2D eigenvalue weighted by atomic mass is 19.1. The lowest BCUT2D eigenvalue weighted by atomic mass is 10.2. The summed E-state index contributed by atoms with van der Waals surface area (Å²) in [6, 6.07) is 0. The summed E-state index contributed by atoms with van der Waals surface area (Å²) in [4.78, 5) is 0. The lowest BCUT2D eigenvalue weighted by Crippen LogP contribution is -1.93. The number of ether oxygens (including phenoxy) is 1. The number of alkyl halides is 1. The number of hydrogen-bond acceptors (Lipinski definition) is 2. The number of halogens is 1. The molecule has 0 aliphatic heterocycles. The summed E-state index contributed by atoms with van der Waals surface area (Å²) in [5.41, 5.74) is 6.73. The van der Waals surface area contributed by atoms with Crippen molar-refractivity contribution in [1.82, 2.24) is 0 Å². The third kappa shape index (κ3) is 13.3. The van der Waals surface area contributed by atoms with Crippen LogP contribution in [0.4, 0.5) is 4.39 Å². The summed E-state index contributed by atoms with van der Waals surface area (Å²) in [5.74, 6) is 0.617. The van der Waals surface area contributed by atoms with Gasteiger partial charge in [0, 0.05) is 5.70 Å². The first kappa shape index (κ1) is 18.5. The maximum absolute atomic E-state index is 9.50. The predicted molar refractivity (Wildman–Crippen MR) is 61.6 cm³/mol. The van der Waals surface area contributed by atoms with Gasteiger partial charge in [-0.3, -0.25) is 4.39 Å². The Labute approximate surface area is 87.0 Å². The molecule has 0 fully saturated rings. The quantitative estimate of drug-likeness (QED) is 0.565. The third-order valence-corrected chi connectivity index (χ3v) is 1.09. The molecule has 0 atom stereocenters. The van der Waals surface area contributed by atoms with Gasteiger partial charge in [0.15, 0.2) is 0 Å². The summed E-state index contributed by atoms with van der Waals surface area (Å²) < 4.78 is 14.4. The second kappa shape index (κ2) is 14.3. The van der Waals surface area contributed by atoms with E-state index < -0.39 is 0 Å². The van der Waals surface area contributed by atoms with Crippen molar-refractivity contribution in [2.75, 3.05) is 14.3 Å². The molecule has 0 saturated heterocycles. The average molecular weight is 203 g/mol. The summed E-state index contributed by atoms with van der Waals surface area (Å²) in [6.07, 6.45) is 1.71. The fourth-order valence-electron chi connectivity index (χ4n) is 0.520. The van der Waals surface area contributed by atoms with E-state index in [1.54, 1.807) is 13.2 Å². The van der Waals surface area contributed by atoms with Crippen LogP contribution in [-0.2, 0) is 4.74 Å². The Morgan fingerprint density at radius 2 is 1.64 bits per heavy atom. The van der Waals surface area contributed by atoms with Gasteiger partial charge in [-0.15, -0.1) is 0 Å². The van der Waals surface area contributed by atoms with Crippen molar-refractivity contribution >= 4 is 0 Å². The molecule has 0 amide bonds. The second-order valence-electron chi connectivity index (χ2n) is 2.03. The summed E-state index contributed by atoms with van der Waals surface area (Å²) >= 11 is 0. The molecule has 0 heterocycles. The summed E-state index contributed by atoms with van der Waals surface area (Å²) in [5, 5.41) is 0. The van der Waals surface area contributed by atoms with Crippen molar-refractivity contribution in [3.63, 3.8) is 0 Å². The molecule has 0 aliphatic carbocycles. The van der Waals surface area contributed by atoms with E-state index in [9.17, 15) is 4.39 Å². The minimum Gasteiger partial charge on any atom is -0.497 e. The topological polar surface area (TPSA) is 35.2 Å². The highest BCUT2D eigenvalue weighted by Crippen LogP contribution is 2.07. The molecule has 2 N–H and O–H groups in total. The monoisotopic (exact) mass is 203 g/mol. The molecular weight excluding hydrogens is 181 g/mol. The SMILES string of the molecule is C=C(N)/C=C(/C)C(=C)OC.CC.CF. The zero-order valence-electron chi connectivity index (χ0n) is 9.86. The Hall–Kier alpha value is -1.25. The van der Waals surface area contributed by atoms with Gasteiger partial charge in [0.05, 0.1) is 14.3 Å². The molecule has 0 aromatic rings. The average Bonchev–Trinajstić information content (AvgIpc) is 2.21. The van der Waals surface area contributed by atoms with Crippen LogP contribution in [0.3, 0.4) is 0 Å². The first-order chi connectivity index (χ1) is 6.57. The van der Waals surface area contributed by atoms with Crippen molar-refractivity contribution < 1.29 is 9.13 Å². The third-order valence-electron chi connectivity index (χ3n) is 1.09. The van der Waals surface area contributed by atoms with Gasteiger partial charge in [-0.25, -0.2) is 0 Å². The van der Waals surface area contributed by atoms with Crippen LogP contribution in [0.2, 0.25) is 0 Å². The highest BCUT2D eigenvalue weighted by molar-refractivity contribution is 5.27. The molecule has 0 aliphatic rings. The Kier molecular flexibility index (Phi) is 18.9. The normalized spacial score (nSPS) is 8.57. The van der Waals surface area contributed by atoms with Crippen molar-refractivity contribution in [3.05, 3.63) is 36.3 Å². The van der Waals surface area contributed by atoms with E-state index in [0.29, 0.717) is 18.6 Å². The maximum Gasteiger partial charge on any atom is 0.114 e. The Balaban J connectivity index is -0.000000266. The molecule has 84 valence electrons. The lowest BCUT2D eigenvalue weighted by molar-refractivity contribution is 0.303. The van der Waals surface area contributed by atoms with Gasteiger partial charge in [-0.2, -0.15) is 0 Å². The van der Waals surface area contributed by atoms with Gasteiger partial charge < -0.3 is 10.5 Å². The molecule has 0 saturated carbocycles. The second-order valence-corrected chi connectivity index (χ2v) is 2.03. The van der Waals surface area contributed by atoms with Gasteiger partial charge >= 0.3 is 0 Å². The van der Waals surface area contributed by atoms with E-state index in [2.05, 4.69) is 13.2 Å². The Morgan fingerprint density at radius 3 is 1.86 bits per heavy atom. The Morgan fingerprint density at radius 1 is 1.29 bits per heavy atom. The fourth-order valence-corrected chi connectivity index (χ4v) is 0.520. The van der Waals surface area contributed by atoms with Crippen LogP contribution in [0, 0.1) is 0 Å². The van der Waals surface area contributed by atoms with Crippen molar-refractivity contribution in [1.29, 1.82) is 0 Å². The molecule has 0 rings (SSSR count). The summed E-state index contributed by atoms with van der Waals surface area (Å²) in [6.45, 7) is 13.0. The predicted octanol–water partition coefficient (Wildman–Crippen LogP) is 3.18. The number of methoxy groups -OCH3 is 1. The minimum atomic E-state index is 0.500. The van der Waals surface area contributed by atoms with Crippen LogP contribution in [-0.4, -0.2) is 14.3 Å². The molecular formula is C11H22FNO. The zero-order valence-corrected chi connectivity index (χ0v) is 9.86. The van der Waals surface area contributed by atoms with Gasteiger partial charge in [0.1, 0.15) is 5.76 Å². The molecule has 0 aromatic heterocycles. The molecule has 0 bridgehead atoms. The van der Waals surface area contributed by atoms with Crippen LogP contribution < -0.4 is 5.73 Å². The van der Waals surface area contributed by atoms with Gasteiger partial charge in [0.2, 0.25) is 0 Å². The van der Waals surface area contributed by atoms with E-state index >= 15 is 0 Å². The van der Waals surface area contributed by atoms with Crippen molar-refractivity contribution in [3.8, 4) is 0 Å². The standard InChI is InChI=1S/C8H13NO.C2H6.CH3F/c1-6(5-7(2)9)8(3)10-4;2*1-2/h5H,2-3,9H2,1,4H3;1-2H3;1H3/b6-5-;;. The molecule has 14 heavy (non-hydrogen) atoms. The van der Waals surface area contributed by atoms with Crippen LogP contribution in [0.25, 0.3) is 0 Å². The number of allylic oxidation sites excluding steroid dienone is 2. The molecule has 0 unspecified atom stereocenters. The van der Waals surface area contributed by atoms with Crippen LogP contribution in [0.15, 0.2) is 36.3 Å². The smallest absolute Gasteiger partial charge is 0.114 e. The van der Waals surface area contributed by atoms with Crippen molar-refractivity contribution in [2.45, 2.75) is 20.8 Å². The molecule has 3 heteroatoms. The van der Waals surface area contributed by atoms with Gasteiger partial charge in [-0.1, -0.05) is 27.0 Å². The lowest BCUT2D eigenvalue weighted by Gasteiger charge is -2.02. The number of nitrogens with two attached hydrogens (primary N) is 1. The largest absolute Gasteiger partial charge is 0.497 e. The highest BCUT2D eigenvalue weighted by Gasteiger charge is 1.93. The first-order valence-electron chi connectivity index (χ1n) is 4.31. The fraction of sp³-hybridized carbons (Fsp3) is 0.455. The Bertz CT molecular complexity index is 186. The first-order valence-corrected chi connectivity index (χ1v) is 4.31. The van der Waals surface area contributed by atoms with Crippen LogP contribution >= 0.6 is 0 Å². The molecule has 0 radical (unpaired) electrons. The van der Waals surface area contributed by atoms with Crippen LogP contribution in [0.5, 0.6) is 0 Å². The van der Waals surface area contributed by atoms with Crippen LogP contribution in [0.1, 0.15) is 20.8 Å². The minimum absolute atomic E-state index is 0.500. The molecule has 0 spiro atoms. The van der Waals surface area contributed by atoms with E-state index in [0.717, 1.165) is 5.57 Å². The van der Waals surface area contributed by atoms with Gasteiger partial charge in [0.25, 0.3) is 0 Å².